The van der Waals surface area contributed by atoms with Crippen molar-refractivity contribution in [2.45, 2.75) is 152 Å². The van der Waals surface area contributed by atoms with Crippen molar-refractivity contribution in [2.75, 3.05) is 44.9 Å². The van der Waals surface area contributed by atoms with Crippen LogP contribution in [0.2, 0.25) is 0 Å². The summed E-state index contributed by atoms with van der Waals surface area (Å²) < 4.78 is 22.5. The van der Waals surface area contributed by atoms with Crippen LogP contribution in [0.4, 0.5) is 5.69 Å². The van der Waals surface area contributed by atoms with Gasteiger partial charge in [-0.05, 0) is 154 Å². The average Bonchev–Trinajstić information content (AvgIpc) is 1.41. The Morgan fingerprint density at radius 2 is 1.06 bits per heavy atom. The molecule has 1 aliphatic carbocycles. The number of pyridine rings is 1. The number of carbonyl (C=O) groups is 15. The molecule has 1 saturated heterocycles. The molecule has 2 atom stereocenters. The number of imide groups is 4. The van der Waals surface area contributed by atoms with E-state index in [0.717, 1.165) is 81.8 Å². The summed E-state index contributed by atoms with van der Waals surface area (Å²) in [5.74, 6) is -2.04. The van der Waals surface area contributed by atoms with E-state index in [1.165, 1.54) is 54.0 Å². The number of aliphatic imine (C=N–C) groups is 1. The number of carbonyl (C=O) groups excluding carboxylic acids is 15. The first-order chi connectivity index (χ1) is 64.7. The number of aromatic hydroxyl groups is 1. The minimum Gasteiger partial charge on any atom is -0.494 e. The molecule has 8 heterocycles. The largest absolute Gasteiger partial charge is 0.494 e. The minimum absolute atomic E-state index is 0.0371. The van der Waals surface area contributed by atoms with E-state index in [0.29, 0.717) is 129 Å². The zero-order chi connectivity index (χ0) is 100.0. The molecule has 0 radical (unpaired) electrons. The Morgan fingerprint density at radius 3 is 1.57 bits per heavy atom. The van der Waals surface area contributed by atoms with Gasteiger partial charge in [-0.1, -0.05) is 142 Å². The van der Waals surface area contributed by atoms with Gasteiger partial charge in [0.2, 0.25) is 11.8 Å². The molecule has 3 aromatic heterocycles. The molecule has 34 nitrogen and oxygen atoms in total. The number of aryl methyl sites for hydroxylation is 6. The van der Waals surface area contributed by atoms with Crippen molar-refractivity contribution in [3.05, 3.63) is 310 Å². The molecule has 0 saturated carbocycles. The number of rotatable bonds is 32. The molecular formula is C102H111N11O23. The standard InChI is InChI=1S/C25H22N2O5.C23H20O5.C13H19NO2.C11H20N4O.C11H15NO4.C10H7NO2.C5H5NO2.C4H3NO2/c1-15(2)25(30)32-13-7-12-31-18-11-6-10-17(14-18)22-20-19(23(28)27-22)21(26-24(20)29)16-8-4-3-5-9-16;1-14(2)23(27)28-12-6-8-16(24)13-15-7-5-11-19-20(15)22(26)18-10-4-3-9-17(18)21(19)25;1-9(2)13(16-15)6-5-12-7-10(3)14-11(4)8-12;1-8(2)11(14-16)6-5-7-15-10(4)12-9(3)13-15;1-8(2)11(15)16-7-3-6-12-9(13)4-5-10(12)14;12-9-6-7-10(13)11(9)8-4-2-1-3-5-8;1-6-4(7)2-3-5(6)8;6-3-1-2-4(7)5-3/h3-6,8-11,14,27-28H,1,7,12-13H2,2H3;3-5,7,9-11H,1,6,8,12-13H2,2H3;7-8,13,15H,1,5-6H2,2-4H3;11,14,16H,1,5-7H2,2-4H3;1,3-7H2,2H3;1-7H;2-3H,1H3;1-2H,(H,5,6,7). The van der Waals surface area contributed by atoms with Crippen molar-refractivity contribution < 1.29 is 111 Å². The van der Waals surface area contributed by atoms with Gasteiger partial charge >= 0.3 is 17.9 Å². The zero-order valence-electron chi connectivity index (χ0n) is 77.5. The molecule has 6 N–H and O–H groups in total. The lowest BCUT2D eigenvalue weighted by atomic mass is 9.81. The zero-order valence-corrected chi connectivity index (χ0v) is 77.5. The van der Waals surface area contributed by atoms with E-state index in [1.54, 1.807) is 106 Å². The molecule has 6 aliphatic rings. The number of hydrogen-bond acceptors (Lipinski definition) is 27. The van der Waals surface area contributed by atoms with Gasteiger partial charge in [0.15, 0.2) is 17.4 Å². The fourth-order valence-electron chi connectivity index (χ4n) is 13.5. The van der Waals surface area contributed by atoms with E-state index in [1.807, 2.05) is 94.0 Å². The van der Waals surface area contributed by atoms with Crippen molar-refractivity contribution in [1.82, 2.24) is 45.3 Å². The number of Topliss-reactive ketones (excluding diaryl/α,β-unsaturated/α-hetero) is 1. The smallest absolute Gasteiger partial charge is 0.333 e. The van der Waals surface area contributed by atoms with Gasteiger partial charge in [-0.25, -0.2) is 34.1 Å². The fraction of sp³-hybridized carbons (Fsp3) is 0.284. The van der Waals surface area contributed by atoms with Gasteiger partial charge in [0, 0.05) is 150 Å². The number of ether oxygens (including phenoxy) is 4. The van der Waals surface area contributed by atoms with Crippen molar-refractivity contribution in [1.29, 1.82) is 0 Å². The Hall–Kier alpha value is -15.7. The van der Waals surface area contributed by atoms with Crippen LogP contribution < -0.4 is 20.4 Å². The highest BCUT2D eigenvalue weighted by Gasteiger charge is 2.35. The lowest BCUT2D eigenvalue weighted by Gasteiger charge is -2.19. The van der Waals surface area contributed by atoms with Crippen LogP contribution in [-0.2, 0) is 96.0 Å². The third-order valence-electron chi connectivity index (χ3n) is 20.4. The number of hydroxylamine groups is 1. The highest BCUT2D eigenvalue weighted by molar-refractivity contribution is 6.31. The highest BCUT2D eigenvalue weighted by Crippen LogP contribution is 2.39. The van der Waals surface area contributed by atoms with Crippen molar-refractivity contribution in [3.8, 4) is 22.9 Å². The van der Waals surface area contributed by atoms with Gasteiger partial charge in [-0.15, -0.1) is 0 Å². The predicted octanol–water partition coefficient (Wildman–Crippen LogP) is 12.9. The minimum atomic E-state index is -0.479. The third-order valence-corrected chi connectivity index (χ3v) is 20.4. The topological polar surface area (TPSA) is 468 Å². The SMILES string of the molecule is C=C(C)C(=O)OCCCC(=O)Cc1cccc2c1C(=O)c1ccccc1C2=O.C=C(C)C(=O)OCCCN1C(=O)CCC1=O.C=C(C)C(=O)OCCCOc1cccc(-c2[nH]c(O)c3c2C(=O)N=C3c2ccccc2)c1.C=C(C)C(CCCn1nc(C)nc1C)NO.C=C(C)C(CCc1cc(C)nc(C)c1)OO.CN1C(=O)C=CC1=O.O=C1C=CC(=O)N1.O=C1C=CC(=O)N1c1ccccc1. The molecule has 0 bridgehead atoms. The maximum Gasteiger partial charge on any atom is 0.333 e. The summed E-state index contributed by atoms with van der Waals surface area (Å²) in [5.41, 5.74) is 14.0. The molecule has 0 spiro atoms. The molecule has 712 valence electrons. The first-order valence-electron chi connectivity index (χ1n) is 43.2. The van der Waals surface area contributed by atoms with Crippen LogP contribution >= 0.6 is 0 Å². The van der Waals surface area contributed by atoms with Crippen molar-refractivity contribution in [3.63, 3.8) is 0 Å². The number of hydrogen-bond donors (Lipinski definition) is 6. The lowest BCUT2D eigenvalue weighted by molar-refractivity contribution is -0.269. The normalized spacial score (nSPS) is 13.7. The van der Waals surface area contributed by atoms with Crippen LogP contribution in [0, 0.1) is 27.7 Å². The third kappa shape index (κ3) is 32.4. The number of amides is 9. The summed E-state index contributed by atoms with van der Waals surface area (Å²) in [6.07, 6.45) is 12.7. The van der Waals surface area contributed by atoms with Crippen LogP contribution in [0.15, 0.2) is 242 Å². The van der Waals surface area contributed by atoms with Crippen LogP contribution in [0.5, 0.6) is 11.6 Å². The summed E-state index contributed by atoms with van der Waals surface area (Å²) in [7, 11) is 1.45. The lowest BCUT2D eigenvalue weighted by Crippen LogP contribution is -2.30. The highest BCUT2D eigenvalue weighted by atomic mass is 17.1. The number of anilines is 1. The van der Waals surface area contributed by atoms with E-state index in [2.05, 4.69) is 80.4 Å². The second-order valence-electron chi connectivity index (χ2n) is 31.6. The Kier molecular flexibility index (Phi) is 42.0. The molecule has 1 fully saturated rings. The van der Waals surface area contributed by atoms with E-state index >= 15 is 0 Å². The molecular weight excluding hydrogens is 1750 g/mol. The van der Waals surface area contributed by atoms with Crippen molar-refractivity contribution in [2.24, 2.45) is 4.99 Å². The maximum atomic E-state index is 12.9. The summed E-state index contributed by atoms with van der Waals surface area (Å²) in [6.45, 7) is 36.4. The number of benzene rings is 5. The summed E-state index contributed by atoms with van der Waals surface area (Å²) in [5, 5.41) is 34.5. The molecule has 34 heteroatoms. The van der Waals surface area contributed by atoms with Crippen LogP contribution in [0.25, 0.3) is 11.3 Å². The molecule has 5 aromatic carbocycles. The maximum absolute atomic E-state index is 12.9. The summed E-state index contributed by atoms with van der Waals surface area (Å²) >= 11 is 0. The number of aromatic nitrogens is 5. The van der Waals surface area contributed by atoms with Crippen molar-refractivity contribution >= 4 is 99.8 Å². The van der Waals surface area contributed by atoms with Gasteiger partial charge in [0.1, 0.15) is 29.3 Å². The van der Waals surface area contributed by atoms with E-state index in [4.69, 9.17) is 29.4 Å². The van der Waals surface area contributed by atoms with Gasteiger partial charge in [-0.2, -0.15) is 10.6 Å². The second-order valence-corrected chi connectivity index (χ2v) is 31.6. The van der Waals surface area contributed by atoms with E-state index in [9.17, 15) is 77.0 Å². The number of nitrogens with zero attached hydrogens (tertiary/aromatic N) is 8. The van der Waals surface area contributed by atoms with Crippen LogP contribution in [-0.4, -0.2) is 196 Å². The Balaban J connectivity index is 0.000000221. The van der Waals surface area contributed by atoms with Crippen LogP contribution in [0.1, 0.15) is 180 Å². The Labute approximate surface area is 786 Å². The number of likely N-dealkylation sites (N-methyl/N-ethyl adjacent to an activating group) is 1. The monoisotopic (exact) mass is 1860 g/mol. The second kappa shape index (κ2) is 53.1. The van der Waals surface area contributed by atoms with E-state index in [-0.39, 0.29) is 115 Å². The van der Waals surface area contributed by atoms with Gasteiger partial charge in [0.05, 0.1) is 60.7 Å². The summed E-state index contributed by atoms with van der Waals surface area (Å²) in [4.78, 5) is 194. The Morgan fingerprint density at radius 1 is 0.537 bits per heavy atom. The predicted molar refractivity (Wildman–Crippen MR) is 504 cm³/mol. The number of fused-ring (bicyclic) bond motifs is 3. The first-order valence-corrected chi connectivity index (χ1v) is 43.2. The molecule has 5 aliphatic heterocycles. The number of likely N-dealkylation sites (tertiary alicyclic amines) is 1. The van der Waals surface area contributed by atoms with Gasteiger partial charge in [-0.3, -0.25) is 87.6 Å². The number of esters is 3. The number of aromatic amines is 1. The molecule has 2 unspecified atom stereocenters. The molecule has 8 aromatic rings. The molecule has 14 rings (SSSR count). The Bertz CT molecular complexity index is 5910. The summed E-state index contributed by atoms with van der Waals surface area (Å²) in [6, 6.07) is 41.1. The first kappa shape index (κ1) is 107. The molecule has 136 heavy (non-hydrogen) atoms. The number of nitrogens with one attached hydrogen (secondary N) is 3. The van der Waals surface area contributed by atoms with E-state index < -0.39 is 23.8 Å². The fourth-order valence-corrected chi connectivity index (χ4v) is 13.5. The number of para-hydroxylation sites is 1. The van der Waals surface area contributed by atoms with Crippen LogP contribution in [0.3, 0.4) is 0 Å². The average molecular weight is 1860 g/mol. The van der Waals surface area contributed by atoms with Gasteiger partial charge < -0.3 is 34.2 Å². The van der Waals surface area contributed by atoms with Gasteiger partial charge in [0.25, 0.3) is 41.4 Å². The quantitative estimate of drug-likeness (QED) is 0.00333. The number of ketones is 3. The molecule has 9 amide bonds. The number of H-pyrrole nitrogens is 1.